The van der Waals surface area contributed by atoms with Gasteiger partial charge in [0.05, 0.1) is 10.9 Å². The molecule has 0 unspecified atom stereocenters. The fourth-order valence-electron chi connectivity index (χ4n) is 5.31. The number of nitrogens with one attached hydrogen (secondary N) is 2. The summed E-state index contributed by atoms with van der Waals surface area (Å²) in [6.45, 7) is 0. The molecular weight excluding hydrogens is 376 g/mol. The maximum atomic E-state index is 13.6. The van der Waals surface area contributed by atoms with Crippen LogP contribution in [0, 0.1) is 11.8 Å². The van der Waals surface area contributed by atoms with Gasteiger partial charge in [-0.3, -0.25) is 14.6 Å². The summed E-state index contributed by atoms with van der Waals surface area (Å²) in [7, 11) is 1.51. The first-order valence-electron chi connectivity index (χ1n) is 10.5. The van der Waals surface area contributed by atoms with E-state index in [1.165, 1.54) is 13.2 Å². The van der Waals surface area contributed by atoms with Crippen molar-refractivity contribution in [3.8, 4) is 0 Å². The zero-order chi connectivity index (χ0) is 20.6. The van der Waals surface area contributed by atoms with Crippen LogP contribution in [0.25, 0.3) is 10.9 Å². The highest BCUT2D eigenvalue weighted by molar-refractivity contribution is 6.04. The molecule has 0 saturated heterocycles. The van der Waals surface area contributed by atoms with Crippen molar-refractivity contribution in [2.75, 3.05) is 7.05 Å². The largest absolute Gasteiger partial charge is 0.358 e. The third-order valence-corrected chi connectivity index (χ3v) is 6.79. The second-order valence-electron chi connectivity index (χ2n) is 8.50. The highest BCUT2D eigenvalue weighted by Gasteiger charge is 2.41. The Balaban J connectivity index is 1.69. The minimum atomic E-state index is -2.53. The number of nitrogens with zero attached hydrogens (tertiary/aromatic N) is 1. The monoisotopic (exact) mass is 403 g/mol. The number of H-pyrrole nitrogens is 1. The number of pyridine rings is 2. The third kappa shape index (κ3) is 3.91. The SMILES string of the molecule is CNC(=O)c1nccc2[nH]c([C@@H]3CCCC[C@H]3C3CCC(F)(F)CC3)cc(=O)c12. The molecule has 2 fully saturated rings. The minimum Gasteiger partial charge on any atom is -0.358 e. The molecule has 156 valence electrons. The van der Waals surface area contributed by atoms with Crippen molar-refractivity contribution >= 4 is 16.8 Å². The number of hydrogen-bond acceptors (Lipinski definition) is 3. The van der Waals surface area contributed by atoms with E-state index in [-0.39, 0.29) is 35.8 Å². The molecule has 29 heavy (non-hydrogen) atoms. The van der Waals surface area contributed by atoms with Crippen molar-refractivity contribution in [2.24, 2.45) is 11.8 Å². The Labute approximate surface area is 168 Å². The highest BCUT2D eigenvalue weighted by Crippen LogP contribution is 2.48. The second-order valence-corrected chi connectivity index (χ2v) is 8.50. The van der Waals surface area contributed by atoms with E-state index in [1.807, 2.05) is 0 Å². The van der Waals surface area contributed by atoms with Gasteiger partial charge in [0.1, 0.15) is 5.69 Å². The van der Waals surface area contributed by atoms with Gasteiger partial charge in [0, 0.05) is 43.8 Å². The van der Waals surface area contributed by atoms with Gasteiger partial charge in [-0.15, -0.1) is 0 Å². The van der Waals surface area contributed by atoms with Crippen LogP contribution in [0.1, 0.15) is 73.5 Å². The highest BCUT2D eigenvalue weighted by atomic mass is 19.3. The Morgan fingerprint density at radius 1 is 1.21 bits per heavy atom. The molecule has 4 rings (SSSR count). The van der Waals surface area contributed by atoms with Crippen LogP contribution in [0.5, 0.6) is 0 Å². The van der Waals surface area contributed by atoms with Crippen molar-refractivity contribution in [2.45, 2.75) is 63.2 Å². The normalized spacial score (nSPS) is 25.1. The lowest BCUT2D eigenvalue weighted by molar-refractivity contribution is -0.0557. The number of halogens is 2. The molecule has 1 amide bonds. The average Bonchev–Trinajstić information content (AvgIpc) is 2.72. The number of aromatic amines is 1. The van der Waals surface area contributed by atoms with Crippen LogP contribution < -0.4 is 10.7 Å². The maximum Gasteiger partial charge on any atom is 0.270 e. The Kier molecular flexibility index (Phi) is 5.40. The number of hydrogen-bond donors (Lipinski definition) is 2. The van der Waals surface area contributed by atoms with Gasteiger partial charge in [0.2, 0.25) is 5.92 Å². The predicted molar refractivity (Wildman–Crippen MR) is 107 cm³/mol. The number of carbonyl (C=O) groups is 1. The number of alkyl halides is 2. The molecule has 2 aromatic heterocycles. The number of carbonyl (C=O) groups excluding carboxylic acids is 1. The Hall–Kier alpha value is -2.31. The van der Waals surface area contributed by atoms with Gasteiger partial charge in [-0.25, -0.2) is 8.78 Å². The quantitative estimate of drug-likeness (QED) is 0.799. The van der Waals surface area contributed by atoms with Crippen molar-refractivity contribution in [3.63, 3.8) is 0 Å². The van der Waals surface area contributed by atoms with Crippen molar-refractivity contribution in [1.82, 2.24) is 15.3 Å². The summed E-state index contributed by atoms with van der Waals surface area (Å²) in [5.74, 6) is -2.17. The van der Waals surface area contributed by atoms with E-state index in [2.05, 4.69) is 15.3 Å². The molecule has 0 aliphatic heterocycles. The first-order valence-corrected chi connectivity index (χ1v) is 10.5. The van der Waals surface area contributed by atoms with Gasteiger partial charge < -0.3 is 10.3 Å². The Morgan fingerprint density at radius 3 is 2.66 bits per heavy atom. The zero-order valence-corrected chi connectivity index (χ0v) is 16.6. The van der Waals surface area contributed by atoms with Crippen LogP contribution in [0.3, 0.4) is 0 Å². The lowest BCUT2D eigenvalue weighted by Crippen LogP contribution is -2.33. The van der Waals surface area contributed by atoms with E-state index < -0.39 is 11.8 Å². The van der Waals surface area contributed by atoms with Crippen LogP contribution in [0.15, 0.2) is 23.1 Å². The van der Waals surface area contributed by atoms with E-state index in [9.17, 15) is 18.4 Å². The van der Waals surface area contributed by atoms with Crippen molar-refractivity contribution in [1.29, 1.82) is 0 Å². The van der Waals surface area contributed by atoms with Crippen molar-refractivity contribution in [3.05, 3.63) is 39.9 Å². The molecule has 2 aliphatic carbocycles. The molecule has 0 radical (unpaired) electrons. The zero-order valence-electron chi connectivity index (χ0n) is 16.6. The van der Waals surface area contributed by atoms with Gasteiger partial charge in [0.15, 0.2) is 5.43 Å². The molecular formula is C22H27F2N3O2. The average molecular weight is 403 g/mol. The summed E-state index contributed by atoms with van der Waals surface area (Å²) >= 11 is 0. The van der Waals surface area contributed by atoms with Gasteiger partial charge >= 0.3 is 0 Å². The lowest BCUT2D eigenvalue weighted by Gasteiger charge is -2.40. The van der Waals surface area contributed by atoms with Gasteiger partial charge in [0.25, 0.3) is 5.91 Å². The predicted octanol–water partition coefficient (Wildman–Crippen LogP) is 4.38. The standard InChI is InChI=1S/C22H27F2N3O2/c1-25-21(29)20-19-16(8-11-26-20)27-17(12-18(19)28)15-5-3-2-4-14(15)13-6-9-22(23,24)10-7-13/h8,11-15H,2-7,9-10H2,1H3,(H,25,29)(H,27,28)/t14-,15+/m0/s1. The van der Waals surface area contributed by atoms with E-state index in [0.29, 0.717) is 29.7 Å². The summed E-state index contributed by atoms with van der Waals surface area (Å²) in [5, 5.41) is 2.81. The molecule has 2 N–H and O–H groups in total. The molecule has 0 bridgehead atoms. The number of aromatic nitrogens is 2. The summed E-state index contributed by atoms with van der Waals surface area (Å²) in [6, 6.07) is 3.31. The molecule has 0 spiro atoms. The number of rotatable bonds is 3. The van der Waals surface area contributed by atoms with Crippen LogP contribution in [-0.4, -0.2) is 28.8 Å². The molecule has 2 atom stereocenters. The van der Waals surface area contributed by atoms with Gasteiger partial charge in [-0.2, -0.15) is 0 Å². The molecule has 2 aromatic rings. The second kappa shape index (κ2) is 7.84. The smallest absolute Gasteiger partial charge is 0.270 e. The Bertz CT molecular complexity index is 962. The first kappa shape index (κ1) is 20.0. The Morgan fingerprint density at radius 2 is 1.93 bits per heavy atom. The molecule has 2 heterocycles. The molecule has 0 aromatic carbocycles. The minimum absolute atomic E-state index is 0.0315. The van der Waals surface area contributed by atoms with E-state index in [1.54, 1.807) is 12.1 Å². The van der Waals surface area contributed by atoms with E-state index in [0.717, 1.165) is 31.4 Å². The molecule has 5 nitrogen and oxygen atoms in total. The summed E-state index contributed by atoms with van der Waals surface area (Å²) in [4.78, 5) is 32.5. The number of fused-ring (bicyclic) bond motifs is 1. The van der Waals surface area contributed by atoms with Crippen molar-refractivity contribution < 1.29 is 13.6 Å². The lowest BCUT2D eigenvalue weighted by atomic mass is 9.66. The van der Waals surface area contributed by atoms with Crippen LogP contribution >= 0.6 is 0 Å². The maximum absolute atomic E-state index is 13.6. The number of amides is 1. The van der Waals surface area contributed by atoms with Gasteiger partial charge in [-0.05, 0) is 43.6 Å². The first-order chi connectivity index (χ1) is 13.9. The van der Waals surface area contributed by atoms with E-state index >= 15 is 0 Å². The van der Waals surface area contributed by atoms with Crippen LogP contribution in [-0.2, 0) is 0 Å². The summed E-state index contributed by atoms with van der Waals surface area (Å²) in [6.07, 6.45) is 6.71. The summed E-state index contributed by atoms with van der Waals surface area (Å²) < 4.78 is 27.3. The molecule has 7 heteroatoms. The fraction of sp³-hybridized carbons (Fsp3) is 0.591. The van der Waals surface area contributed by atoms with Crippen LogP contribution in [0.2, 0.25) is 0 Å². The van der Waals surface area contributed by atoms with E-state index in [4.69, 9.17) is 0 Å². The molecule has 2 saturated carbocycles. The van der Waals surface area contributed by atoms with Crippen LogP contribution in [0.4, 0.5) is 8.78 Å². The van der Waals surface area contributed by atoms with Gasteiger partial charge in [-0.1, -0.05) is 12.8 Å². The summed E-state index contributed by atoms with van der Waals surface area (Å²) in [5.41, 5.74) is 1.35. The topological polar surface area (TPSA) is 74.8 Å². The third-order valence-electron chi connectivity index (χ3n) is 6.79. The fourth-order valence-corrected chi connectivity index (χ4v) is 5.31. The molecule has 2 aliphatic rings.